The van der Waals surface area contributed by atoms with E-state index in [-0.39, 0.29) is 6.04 Å². The Morgan fingerprint density at radius 1 is 1.33 bits per heavy atom. The van der Waals surface area contributed by atoms with Crippen molar-refractivity contribution in [3.63, 3.8) is 0 Å². The van der Waals surface area contributed by atoms with Crippen molar-refractivity contribution < 1.29 is 8.42 Å². The fourth-order valence-electron chi connectivity index (χ4n) is 2.07. The van der Waals surface area contributed by atoms with Gasteiger partial charge >= 0.3 is 0 Å². The first-order valence-electron chi connectivity index (χ1n) is 6.82. The second kappa shape index (κ2) is 6.84. The summed E-state index contributed by atoms with van der Waals surface area (Å²) < 4.78 is 28.8. The van der Waals surface area contributed by atoms with E-state index in [1.165, 1.54) is 0 Å². The lowest BCUT2D eigenvalue weighted by molar-refractivity contribution is 0.317. The van der Waals surface area contributed by atoms with Crippen LogP contribution in [-0.4, -0.2) is 44.4 Å². The zero-order valence-electron chi connectivity index (χ0n) is 11.9. The third-order valence-electron chi connectivity index (χ3n) is 3.12. The van der Waals surface area contributed by atoms with E-state index in [0.717, 1.165) is 19.4 Å². The first-order valence-corrected chi connectivity index (χ1v) is 8.26. The molecule has 5 nitrogen and oxygen atoms in total. The van der Waals surface area contributed by atoms with Gasteiger partial charge in [0.1, 0.15) is 0 Å². The molecule has 0 saturated carbocycles. The molecule has 1 fully saturated rings. The van der Waals surface area contributed by atoms with Gasteiger partial charge in [-0.15, -0.1) is 0 Å². The smallest absolute Gasteiger partial charge is 0.279 e. The summed E-state index contributed by atoms with van der Waals surface area (Å²) in [5.74, 6) is 0.318. The molecule has 6 heteroatoms. The van der Waals surface area contributed by atoms with E-state index < -0.39 is 10.2 Å². The highest BCUT2D eigenvalue weighted by atomic mass is 32.2. The first kappa shape index (κ1) is 15.9. The monoisotopic (exact) mass is 277 g/mol. The van der Waals surface area contributed by atoms with E-state index >= 15 is 0 Å². The Hall–Kier alpha value is -0.170. The predicted molar refractivity (Wildman–Crippen MR) is 74.6 cm³/mol. The fourth-order valence-corrected chi connectivity index (χ4v) is 3.71. The van der Waals surface area contributed by atoms with Crippen molar-refractivity contribution in [1.82, 2.24) is 14.3 Å². The van der Waals surface area contributed by atoms with Crippen LogP contribution in [0.1, 0.15) is 40.5 Å². The molecule has 0 spiro atoms. The second-order valence-corrected chi connectivity index (χ2v) is 7.41. The highest BCUT2D eigenvalue weighted by Gasteiger charge is 2.28. The van der Waals surface area contributed by atoms with Crippen LogP contribution in [0.4, 0.5) is 0 Å². The average molecular weight is 277 g/mol. The van der Waals surface area contributed by atoms with Crippen LogP contribution in [0, 0.1) is 5.92 Å². The van der Waals surface area contributed by atoms with Crippen molar-refractivity contribution in [2.24, 2.45) is 5.92 Å². The topological polar surface area (TPSA) is 61.4 Å². The van der Waals surface area contributed by atoms with Gasteiger partial charge in [-0.1, -0.05) is 13.8 Å². The van der Waals surface area contributed by atoms with E-state index in [2.05, 4.69) is 10.0 Å². The van der Waals surface area contributed by atoms with E-state index in [4.69, 9.17) is 0 Å². The molecule has 1 rings (SSSR count). The maximum Gasteiger partial charge on any atom is 0.279 e. The minimum atomic E-state index is -3.36. The van der Waals surface area contributed by atoms with Crippen LogP contribution in [0.5, 0.6) is 0 Å². The van der Waals surface area contributed by atoms with Crippen LogP contribution in [-0.2, 0) is 10.2 Å². The van der Waals surface area contributed by atoms with Gasteiger partial charge in [-0.25, -0.2) is 4.72 Å². The molecule has 0 bridgehead atoms. The third kappa shape index (κ3) is 4.84. The summed E-state index contributed by atoms with van der Waals surface area (Å²) in [5, 5.41) is 3.35. The van der Waals surface area contributed by atoms with Gasteiger partial charge in [0.25, 0.3) is 10.2 Å². The summed E-state index contributed by atoms with van der Waals surface area (Å²) in [6.07, 6.45) is 2.19. The molecule has 1 aliphatic heterocycles. The number of nitrogens with one attached hydrogen (secondary N) is 2. The fraction of sp³-hybridized carbons (Fsp3) is 1.00. The quantitative estimate of drug-likeness (QED) is 0.728. The van der Waals surface area contributed by atoms with Gasteiger partial charge in [-0.05, 0) is 39.2 Å². The molecule has 2 N–H and O–H groups in total. The zero-order chi connectivity index (χ0) is 13.8. The van der Waals surface area contributed by atoms with Gasteiger partial charge in [-0.3, -0.25) is 0 Å². The molecule has 0 radical (unpaired) electrons. The third-order valence-corrected chi connectivity index (χ3v) is 4.84. The van der Waals surface area contributed by atoms with Crippen molar-refractivity contribution in [2.45, 2.75) is 52.6 Å². The molecule has 0 aromatic carbocycles. The normalized spacial score (nSPS) is 21.4. The standard InChI is InChI=1S/C12H27N3O2S/c1-10(2)8-14-18(16,17)15(11(3)4)9-12-6-5-7-13-12/h10-14H,5-9H2,1-4H3. The van der Waals surface area contributed by atoms with Crippen LogP contribution in [0.2, 0.25) is 0 Å². The van der Waals surface area contributed by atoms with Crippen molar-refractivity contribution in [1.29, 1.82) is 0 Å². The largest absolute Gasteiger partial charge is 0.313 e. The molecule has 1 atom stereocenters. The Balaban J connectivity index is 2.64. The maximum absolute atomic E-state index is 12.3. The Morgan fingerprint density at radius 3 is 2.44 bits per heavy atom. The molecular formula is C12H27N3O2S. The lowest BCUT2D eigenvalue weighted by atomic mass is 10.2. The predicted octanol–water partition coefficient (Wildman–Crippen LogP) is 0.939. The summed E-state index contributed by atoms with van der Waals surface area (Å²) in [6.45, 7) is 9.89. The maximum atomic E-state index is 12.3. The van der Waals surface area contributed by atoms with Crippen LogP contribution < -0.4 is 10.0 Å². The van der Waals surface area contributed by atoms with Crippen LogP contribution >= 0.6 is 0 Å². The summed E-state index contributed by atoms with van der Waals surface area (Å²) in [4.78, 5) is 0. The minimum absolute atomic E-state index is 0.0166. The van der Waals surface area contributed by atoms with Crippen LogP contribution in [0.15, 0.2) is 0 Å². The molecule has 1 heterocycles. The minimum Gasteiger partial charge on any atom is -0.313 e. The lowest BCUT2D eigenvalue weighted by Crippen LogP contribution is -2.50. The van der Waals surface area contributed by atoms with Crippen molar-refractivity contribution in [3.8, 4) is 0 Å². The molecular weight excluding hydrogens is 250 g/mol. The van der Waals surface area contributed by atoms with Crippen LogP contribution in [0.3, 0.4) is 0 Å². The summed E-state index contributed by atoms with van der Waals surface area (Å²) in [5.41, 5.74) is 0. The molecule has 0 aliphatic carbocycles. The number of nitrogens with zero attached hydrogens (tertiary/aromatic N) is 1. The van der Waals surface area contributed by atoms with Gasteiger partial charge in [0.05, 0.1) is 0 Å². The first-order chi connectivity index (χ1) is 8.33. The van der Waals surface area contributed by atoms with Crippen molar-refractivity contribution in [3.05, 3.63) is 0 Å². The Labute approximate surface area is 112 Å². The summed E-state index contributed by atoms with van der Waals surface area (Å²) in [7, 11) is -3.36. The van der Waals surface area contributed by atoms with E-state index in [1.54, 1.807) is 4.31 Å². The summed E-state index contributed by atoms with van der Waals surface area (Å²) in [6, 6.07) is 0.278. The molecule has 0 aromatic heterocycles. The van der Waals surface area contributed by atoms with Gasteiger partial charge in [0, 0.05) is 25.2 Å². The summed E-state index contributed by atoms with van der Waals surface area (Å²) >= 11 is 0. The number of hydrogen-bond donors (Lipinski definition) is 2. The van der Waals surface area contributed by atoms with Gasteiger partial charge in [-0.2, -0.15) is 12.7 Å². The van der Waals surface area contributed by atoms with Crippen molar-refractivity contribution in [2.75, 3.05) is 19.6 Å². The molecule has 1 aliphatic rings. The van der Waals surface area contributed by atoms with Gasteiger partial charge in [0.2, 0.25) is 0 Å². The molecule has 18 heavy (non-hydrogen) atoms. The number of hydrogen-bond acceptors (Lipinski definition) is 3. The van der Waals surface area contributed by atoms with E-state index in [1.807, 2.05) is 27.7 Å². The SMILES string of the molecule is CC(C)CNS(=O)(=O)N(CC1CCCN1)C(C)C. The highest BCUT2D eigenvalue weighted by Crippen LogP contribution is 2.12. The Morgan fingerprint density at radius 2 is 2.00 bits per heavy atom. The Bertz CT molecular complexity index is 335. The molecule has 0 aromatic rings. The molecule has 1 unspecified atom stereocenters. The van der Waals surface area contributed by atoms with Gasteiger partial charge in [0.15, 0.2) is 0 Å². The molecule has 108 valence electrons. The van der Waals surface area contributed by atoms with Crippen LogP contribution in [0.25, 0.3) is 0 Å². The van der Waals surface area contributed by atoms with E-state index in [9.17, 15) is 8.42 Å². The molecule has 0 amide bonds. The second-order valence-electron chi connectivity index (χ2n) is 5.70. The van der Waals surface area contributed by atoms with E-state index in [0.29, 0.717) is 25.0 Å². The average Bonchev–Trinajstić information content (AvgIpc) is 2.75. The zero-order valence-corrected chi connectivity index (χ0v) is 12.8. The molecule has 1 saturated heterocycles. The lowest BCUT2D eigenvalue weighted by Gasteiger charge is -2.29. The van der Waals surface area contributed by atoms with Crippen molar-refractivity contribution >= 4 is 10.2 Å². The van der Waals surface area contributed by atoms with Gasteiger partial charge < -0.3 is 5.32 Å². The number of rotatable bonds is 7. The Kier molecular flexibility index (Phi) is 6.04. The highest BCUT2D eigenvalue weighted by molar-refractivity contribution is 7.87.